The molecule has 1 atom stereocenters. The van der Waals surface area contributed by atoms with Crippen molar-refractivity contribution in [2.75, 3.05) is 19.0 Å². The zero-order chi connectivity index (χ0) is 11.8. The van der Waals surface area contributed by atoms with Gasteiger partial charge in [0.1, 0.15) is 0 Å². The summed E-state index contributed by atoms with van der Waals surface area (Å²) in [5, 5.41) is 1.06. The van der Waals surface area contributed by atoms with Crippen molar-refractivity contribution in [3.63, 3.8) is 0 Å². The molecule has 0 aliphatic rings. The summed E-state index contributed by atoms with van der Waals surface area (Å²) in [5.74, 6) is 2.32. The summed E-state index contributed by atoms with van der Waals surface area (Å²) < 4.78 is 10.9. The van der Waals surface area contributed by atoms with Gasteiger partial charge in [-0.15, -0.1) is 0 Å². The van der Waals surface area contributed by atoms with Crippen LogP contribution in [0.3, 0.4) is 0 Å². The zero-order valence-corrected chi connectivity index (χ0v) is 11.5. The van der Waals surface area contributed by atoms with Gasteiger partial charge >= 0.3 is 0 Å². The molecule has 0 aromatic heterocycles. The van der Waals surface area contributed by atoms with Crippen molar-refractivity contribution in [1.82, 2.24) is 0 Å². The molecular weight excluding hydrogens is 268 g/mol. The second kappa shape index (κ2) is 7.55. The summed E-state index contributed by atoms with van der Waals surface area (Å²) in [7, 11) is 1.66. The Morgan fingerprint density at radius 1 is 1.19 bits per heavy atom. The SMILES string of the molecule is COc1ccccc1OCCC(C)CCBr. The van der Waals surface area contributed by atoms with Crippen molar-refractivity contribution in [3.05, 3.63) is 24.3 Å². The van der Waals surface area contributed by atoms with Gasteiger partial charge in [0, 0.05) is 5.33 Å². The average Bonchev–Trinajstić information content (AvgIpc) is 2.30. The maximum absolute atomic E-state index is 5.70. The minimum Gasteiger partial charge on any atom is -0.493 e. The van der Waals surface area contributed by atoms with Gasteiger partial charge in [-0.1, -0.05) is 35.0 Å². The Morgan fingerprint density at radius 2 is 1.88 bits per heavy atom. The van der Waals surface area contributed by atoms with Gasteiger partial charge in [0.25, 0.3) is 0 Å². The lowest BCUT2D eigenvalue weighted by Crippen LogP contribution is -2.05. The summed E-state index contributed by atoms with van der Waals surface area (Å²) in [6.07, 6.45) is 2.26. The van der Waals surface area contributed by atoms with E-state index in [0.717, 1.165) is 29.9 Å². The Labute approximate surface area is 106 Å². The maximum atomic E-state index is 5.70. The minimum atomic E-state index is 0.689. The number of halogens is 1. The quantitative estimate of drug-likeness (QED) is 0.708. The summed E-state index contributed by atoms with van der Waals surface area (Å²) in [4.78, 5) is 0. The third kappa shape index (κ3) is 4.44. The highest BCUT2D eigenvalue weighted by atomic mass is 79.9. The third-order valence-electron chi connectivity index (χ3n) is 2.54. The minimum absolute atomic E-state index is 0.689. The maximum Gasteiger partial charge on any atom is 0.161 e. The van der Waals surface area contributed by atoms with Gasteiger partial charge in [0.05, 0.1) is 13.7 Å². The van der Waals surface area contributed by atoms with E-state index in [1.807, 2.05) is 24.3 Å². The van der Waals surface area contributed by atoms with Crippen molar-refractivity contribution in [1.29, 1.82) is 0 Å². The van der Waals surface area contributed by atoms with Crippen molar-refractivity contribution >= 4 is 15.9 Å². The van der Waals surface area contributed by atoms with E-state index in [4.69, 9.17) is 9.47 Å². The van der Waals surface area contributed by atoms with Crippen LogP contribution in [-0.4, -0.2) is 19.0 Å². The number of ether oxygens (including phenoxy) is 2. The zero-order valence-electron chi connectivity index (χ0n) is 9.91. The molecule has 1 unspecified atom stereocenters. The highest BCUT2D eigenvalue weighted by Crippen LogP contribution is 2.26. The topological polar surface area (TPSA) is 18.5 Å². The highest BCUT2D eigenvalue weighted by Gasteiger charge is 2.04. The van der Waals surface area contributed by atoms with Crippen LogP contribution in [0.5, 0.6) is 11.5 Å². The van der Waals surface area contributed by atoms with Crippen LogP contribution in [0.15, 0.2) is 24.3 Å². The lowest BCUT2D eigenvalue weighted by Gasteiger charge is -2.12. The summed E-state index contributed by atoms with van der Waals surface area (Å²) in [6, 6.07) is 7.75. The first-order valence-corrected chi connectivity index (χ1v) is 6.72. The van der Waals surface area contributed by atoms with Gasteiger partial charge in [-0.25, -0.2) is 0 Å². The van der Waals surface area contributed by atoms with Gasteiger partial charge in [0.15, 0.2) is 11.5 Å². The third-order valence-corrected chi connectivity index (χ3v) is 3.00. The van der Waals surface area contributed by atoms with Gasteiger partial charge in [-0.3, -0.25) is 0 Å². The summed E-state index contributed by atoms with van der Waals surface area (Å²) in [5.41, 5.74) is 0. The Balaban J connectivity index is 2.36. The monoisotopic (exact) mass is 286 g/mol. The molecule has 3 heteroatoms. The summed E-state index contributed by atoms with van der Waals surface area (Å²) in [6.45, 7) is 2.99. The van der Waals surface area contributed by atoms with E-state index in [1.54, 1.807) is 7.11 Å². The molecule has 0 radical (unpaired) electrons. The Bertz CT molecular complexity index is 302. The molecule has 1 rings (SSSR count). The molecule has 0 aliphatic heterocycles. The van der Waals surface area contributed by atoms with E-state index < -0.39 is 0 Å². The van der Waals surface area contributed by atoms with Crippen LogP contribution in [0, 0.1) is 5.92 Å². The molecule has 90 valence electrons. The predicted octanol–water partition coefficient (Wildman–Crippen LogP) is 3.89. The molecule has 0 bridgehead atoms. The van der Waals surface area contributed by atoms with E-state index >= 15 is 0 Å². The van der Waals surface area contributed by atoms with E-state index in [1.165, 1.54) is 6.42 Å². The number of alkyl halides is 1. The molecule has 0 spiro atoms. The van der Waals surface area contributed by atoms with Crippen LogP contribution in [-0.2, 0) is 0 Å². The Hall–Kier alpha value is -0.700. The fraction of sp³-hybridized carbons (Fsp3) is 0.538. The molecule has 0 saturated carbocycles. The van der Waals surface area contributed by atoms with Crippen molar-refractivity contribution in [2.45, 2.75) is 19.8 Å². The summed E-state index contributed by atoms with van der Waals surface area (Å²) >= 11 is 3.45. The number of para-hydroxylation sites is 2. The highest BCUT2D eigenvalue weighted by molar-refractivity contribution is 9.09. The van der Waals surface area contributed by atoms with Gasteiger partial charge in [-0.05, 0) is 30.9 Å². The molecule has 0 fully saturated rings. The second-order valence-electron chi connectivity index (χ2n) is 3.87. The van der Waals surface area contributed by atoms with Crippen molar-refractivity contribution < 1.29 is 9.47 Å². The van der Waals surface area contributed by atoms with Gasteiger partial charge in [0.2, 0.25) is 0 Å². The normalized spacial score (nSPS) is 12.2. The molecule has 16 heavy (non-hydrogen) atoms. The smallest absolute Gasteiger partial charge is 0.161 e. The largest absolute Gasteiger partial charge is 0.493 e. The number of benzene rings is 1. The molecule has 0 saturated heterocycles. The van der Waals surface area contributed by atoms with E-state index in [2.05, 4.69) is 22.9 Å². The van der Waals surface area contributed by atoms with Crippen molar-refractivity contribution in [2.24, 2.45) is 5.92 Å². The number of methoxy groups -OCH3 is 1. The molecule has 0 heterocycles. The van der Waals surface area contributed by atoms with Crippen molar-refractivity contribution in [3.8, 4) is 11.5 Å². The molecule has 0 amide bonds. The lowest BCUT2D eigenvalue weighted by molar-refractivity contribution is 0.267. The van der Waals surface area contributed by atoms with E-state index in [9.17, 15) is 0 Å². The average molecular weight is 287 g/mol. The first-order chi connectivity index (χ1) is 7.77. The first kappa shape index (κ1) is 13.4. The molecule has 1 aromatic carbocycles. The van der Waals surface area contributed by atoms with E-state index in [-0.39, 0.29) is 0 Å². The van der Waals surface area contributed by atoms with E-state index in [0.29, 0.717) is 5.92 Å². The van der Waals surface area contributed by atoms with Crippen LogP contribution in [0.2, 0.25) is 0 Å². The number of hydrogen-bond donors (Lipinski definition) is 0. The fourth-order valence-electron chi connectivity index (χ4n) is 1.44. The standard InChI is InChI=1S/C13H19BrO2/c1-11(7-9-14)8-10-16-13-6-4-3-5-12(13)15-2/h3-6,11H,7-10H2,1-2H3. The predicted molar refractivity (Wildman–Crippen MR) is 70.7 cm³/mol. The Morgan fingerprint density at radius 3 is 2.50 bits per heavy atom. The van der Waals surface area contributed by atoms with Crippen LogP contribution in [0.1, 0.15) is 19.8 Å². The number of hydrogen-bond acceptors (Lipinski definition) is 2. The Kier molecular flexibility index (Phi) is 6.31. The number of rotatable bonds is 7. The van der Waals surface area contributed by atoms with Crippen LogP contribution in [0.25, 0.3) is 0 Å². The molecule has 1 aromatic rings. The lowest BCUT2D eigenvalue weighted by atomic mass is 10.1. The second-order valence-corrected chi connectivity index (χ2v) is 4.66. The molecule has 0 N–H and O–H groups in total. The molecule has 0 aliphatic carbocycles. The fourth-order valence-corrected chi connectivity index (χ4v) is 2.22. The van der Waals surface area contributed by atoms with Gasteiger partial charge in [-0.2, -0.15) is 0 Å². The first-order valence-electron chi connectivity index (χ1n) is 5.59. The van der Waals surface area contributed by atoms with Crippen LogP contribution >= 0.6 is 15.9 Å². The molecule has 2 nitrogen and oxygen atoms in total. The van der Waals surface area contributed by atoms with Crippen LogP contribution < -0.4 is 9.47 Å². The van der Waals surface area contributed by atoms with Gasteiger partial charge < -0.3 is 9.47 Å². The molecular formula is C13H19BrO2. The van der Waals surface area contributed by atoms with Crippen LogP contribution in [0.4, 0.5) is 0 Å².